The van der Waals surface area contributed by atoms with Crippen LogP contribution in [0, 0.1) is 0 Å². The van der Waals surface area contributed by atoms with E-state index in [1.54, 1.807) is 0 Å². The summed E-state index contributed by atoms with van der Waals surface area (Å²) in [7, 11) is 0. The van der Waals surface area contributed by atoms with E-state index in [0.717, 1.165) is 30.0 Å². The monoisotopic (exact) mass is 575 g/mol. The van der Waals surface area contributed by atoms with Crippen LogP contribution in [-0.4, -0.2) is 22.3 Å². The third-order valence-electron chi connectivity index (χ3n) is 9.14. The molecule has 0 aliphatic carbocycles. The highest BCUT2D eigenvalue weighted by atomic mass is 15.1. The van der Waals surface area contributed by atoms with Gasteiger partial charge < -0.3 is 0 Å². The van der Waals surface area contributed by atoms with E-state index in [1.165, 1.54) is 66.0 Å². The number of hydrogen-bond acceptors (Lipinski definition) is 2. The van der Waals surface area contributed by atoms with Gasteiger partial charge in [-0.05, 0) is 62.0 Å². The highest BCUT2D eigenvalue weighted by molar-refractivity contribution is 6.21. The number of pyridine rings is 1. The summed E-state index contributed by atoms with van der Waals surface area (Å²) in [5.41, 5.74) is 10.7. The van der Waals surface area contributed by atoms with Crippen LogP contribution in [0.2, 0.25) is 0 Å². The quantitative estimate of drug-likeness (QED) is 0.192. The zero-order chi connectivity index (χ0) is 29.7. The fraction of sp³-hybridized carbons (Fsp3) is 0.0476. The van der Waals surface area contributed by atoms with Crippen LogP contribution in [-0.2, 0) is 6.42 Å². The number of aliphatic imine (C=N–C) groups is 1. The third-order valence-corrected chi connectivity index (χ3v) is 9.14. The number of rotatable bonds is 4. The van der Waals surface area contributed by atoms with E-state index in [9.17, 15) is 0 Å². The van der Waals surface area contributed by atoms with Gasteiger partial charge in [0.2, 0.25) is 0 Å². The highest BCUT2D eigenvalue weighted by Crippen LogP contribution is 2.43. The van der Waals surface area contributed by atoms with Crippen LogP contribution in [0.15, 0.2) is 151 Å². The van der Waals surface area contributed by atoms with Crippen molar-refractivity contribution in [3.05, 3.63) is 157 Å². The number of fused-ring (bicyclic) bond motifs is 5. The van der Waals surface area contributed by atoms with Crippen molar-refractivity contribution < 1.29 is 0 Å². The lowest BCUT2D eigenvalue weighted by atomic mass is 9.86. The van der Waals surface area contributed by atoms with Gasteiger partial charge in [-0.2, -0.15) is 0 Å². The van der Waals surface area contributed by atoms with Crippen LogP contribution >= 0.6 is 0 Å². The minimum atomic E-state index is 0.806. The lowest BCUT2D eigenvalue weighted by Gasteiger charge is -2.18. The Labute approximate surface area is 261 Å². The van der Waals surface area contributed by atoms with Crippen molar-refractivity contribution >= 4 is 38.7 Å². The second-order valence-corrected chi connectivity index (χ2v) is 11.7. The average Bonchev–Trinajstić information content (AvgIpc) is 3.45. The third kappa shape index (κ3) is 4.12. The molecule has 0 bridgehead atoms. The van der Waals surface area contributed by atoms with Gasteiger partial charge in [0, 0.05) is 41.4 Å². The Kier molecular flexibility index (Phi) is 5.95. The summed E-state index contributed by atoms with van der Waals surface area (Å²) in [6, 6.07) is 52.2. The Morgan fingerprint density at radius 1 is 0.467 bits per heavy atom. The summed E-state index contributed by atoms with van der Waals surface area (Å²) < 4.78 is 2.32. The Bertz CT molecular complexity index is 2360. The molecule has 3 heterocycles. The minimum Gasteiger partial charge on any atom is -0.297 e. The van der Waals surface area contributed by atoms with Crippen molar-refractivity contribution in [2.75, 3.05) is 6.54 Å². The Balaban J connectivity index is 1.18. The number of nitrogens with zero attached hydrogens (tertiary/aromatic N) is 3. The van der Waals surface area contributed by atoms with Crippen LogP contribution in [0.1, 0.15) is 11.3 Å². The summed E-state index contributed by atoms with van der Waals surface area (Å²) in [6.45, 7) is 0.806. The van der Waals surface area contributed by atoms with Gasteiger partial charge >= 0.3 is 0 Å². The van der Waals surface area contributed by atoms with E-state index in [2.05, 4.69) is 155 Å². The van der Waals surface area contributed by atoms with Crippen molar-refractivity contribution in [3.63, 3.8) is 0 Å². The number of hydrogen-bond donors (Lipinski definition) is 0. The lowest BCUT2D eigenvalue weighted by Crippen LogP contribution is -2.09. The average molecular weight is 576 g/mol. The second-order valence-electron chi connectivity index (χ2n) is 11.7. The number of aromatic nitrogens is 2. The molecule has 0 saturated heterocycles. The molecule has 0 saturated carbocycles. The van der Waals surface area contributed by atoms with Gasteiger partial charge in [-0.1, -0.05) is 127 Å². The molecule has 0 amide bonds. The van der Waals surface area contributed by atoms with E-state index in [-0.39, 0.29) is 0 Å². The molecular formula is C42H29N3. The minimum absolute atomic E-state index is 0.806. The zero-order valence-electron chi connectivity index (χ0n) is 24.7. The molecule has 1 aliphatic heterocycles. The maximum Gasteiger partial charge on any atom is 0.138 e. The van der Waals surface area contributed by atoms with Crippen molar-refractivity contribution in [3.8, 4) is 39.3 Å². The fourth-order valence-corrected chi connectivity index (χ4v) is 7.17. The van der Waals surface area contributed by atoms with E-state index in [1.807, 2.05) is 6.21 Å². The van der Waals surface area contributed by atoms with Crippen molar-refractivity contribution in [1.82, 2.24) is 9.55 Å². The fourth-order valence-electron chi connectivity index (χ4n) is 7.17. The maximum atomic E-state index is 5.21. The van der Waals surface area contributed by atoms with Gasteiger partial charge in [-0.3, -0.25) is 9.56 Å². The molecule has 1 aliphatic rings. The molecule has 3 nitrogen and oxygen atoms in total. The van der Waals surface area contributed by atoms with Crippen molar-refractivity contribution in [2.24, 2.45) is 4.99 Å². The number of para-hydroxylation sites is 1. The summed E-state index contributed by atoms with van der Waals surface area (Å²) in [5, 5.41) is 6.28. The molecule has 9 rings (SSSR count). The molecule has 8 aromatic rings. The molecule has 0 atom stereocenters. The smallest absolute Gasteiger partial charge is 0.138 e. The van der Waals surface area contributed by atoms with E-state index < -0.39 is 0 Å². The molecule has 212 valence electrons. The molecule has 45 heavy (non-hydrogen) atoms. The first kappa shape index (κ1) is 25.7. The van der Waals surface area contributed by atoms with E-state index in [0.29, 0.717) is 0 Å². The molecular weight excluding hydrogens is 546 g/mol. The topological polar surface area (TPSA) is 30.2 Å². The predicted octanol–water partition coefficient (Wildman–Crippen LogP) is 10.3. The largest absolute Gasteiger partial charge is 0.297 e. The van der Waals surface area contributed by atoms with E-state index in [4.69, 9.17) is 4.98 Å². The standard InChI is InChI=1S/C42H29N3/c1-2-11-29(12-3-1)41-32-14-4-6-16-34(32)42(35-17-7-5-15-33(35)41)30-23-21-28(22-24-30)37-18-10-20-40(44-37)45-38-19-9-8-13-31(38)36-27-43-26-25-39(36)45/h1-24,27H,25-26H2. The van der Waals surface area contributed by atoms with Crippen LogP contribution in [0.3, 0.4) is 0 Å². The van der Waals surface area contributed by atoms with Crippen molar-refractivity contribution in [2.45, 2.75) is 6.42 Å². The van der Waals surface area contributed by atoms with Gasteiger partial charge in [0.25, 0.3) is 0 Å². The first-order chi connectivity index (χ1) is 22.3. The van der Waals surface area contributed by atoms with Crippen molar-refractivity contribution in [1.29, 1.82) is 0 Å². The van der Waals surface area contributed by atoms with Gasteiger partial charge in [-0.15, -0.1) is 0 Å². The molecule has 0 N–H and O–H groups in total. The Morgan fingerprint density at radius 3 is 1.69 bits per heavy atom. The SMILES string of the molecule is C1=NCCc2c1c1ccccc1n2-c1cccc(-c2ccc(-c3c4ccccc4c(-c4ccccc4)c4ccccc34)cc2)n1. The van der Waals surface area contributed by atoms with Crippen LogP contribution in [0.4, 0.5) is 0 Å². The van der Waals surface area contributed by atoms with Gasteiger partial charge in [0.15, 0.2) is 0 Å². The Morgan fingerprint density at radius 2 is 1.02 bits per heavy atom. The molecule has 2 aromatic heterocycles. The molecule has 0 unspecified atom stereocenters. The summed E-state index contributed by atoms with van der Waals surface area (Å²) in [6.07, 6.45) is 2.94. The first-order valence-corrected chi connectivity index (χ1v) is 15.5. The van der Waals surface area contributed by atoms with Gasteiger partial charge in [-0.25, -0.2) is 4.98 Å². The summed E-state index contributed by atoms with van der Waals surface area (Å²) in [4.78, 5) is 9.78. The van der Waals surface area contributed by atoms with E-state index >= 15 is 0 Å². The second kappa shape index (κ2) is 10.4. The lowest BCUT2D eigenvalue weighted by molar-refractivity contribution is 0.861. The molecule has 6 aromatic carbocycles. The van der Waals surface area contributed by atoms with Crippen LogP contribution in [0.25, 0.3) is 71.8 Å². The molecule has 3 heteroatoms. The molecule has 0 spiro atoms. The normalized spacial score (nSPS) is 12.6. The highest BCUT2D eigenvalue weighted by Gasteiger charge is 2.20. The van der Waals surface area contributed by atoms with Gasteiger partial charge in [0.1, 0.15) is 5.82 Å². The molecule has 0 radical (unpaired) electrons. The first-order valence-electron chi connectivity index (χ1n) is 15.5. The summed E-state index contributed by atoms with van der Waals surface area (Å²) >= 11 is 0. The van der Waals surface area contributed by atoms with Gasteiger partial charge in [0.05, 0.1) is 11.2 Å². The zero-order valence-corrected chi connectivity index (χ0v) is 24.7. The predicted molar refractivity (Wildman–Crippen MR) is 189 cm³/mol. The van der Waals surface area contributed by atoms with Crippen LogP contribution in [0.5, 0.6) is 0 Å². The summed E-state index contributed by atoms with van der Waals surface area (Å²) in [5.74, 6) is 0.942. The van der Waals surface area contributed by atoms with Crippen LogP contribution < -0.4 is 0 Å². The Hall–Kier alpha value is -5.80. The number of benzene rings is 6. The molecule has 0 fully saturated rings. The maximum absolute atomic E-state index is 5.21.